The number of amides is 1. The van der Waals surface area contributed by atoms with E-state index in [2.05, 4.69) is 10.6 Å². The Labute approximate surface area is 217 Å². The van der Waals surface area contributed by atoms with Crippen LogP contribution in [0.5, 0.6) is 11.5 Å². The number of esters is 2. The number of aromatic hydroxyl groups is 2. The third kappa shape index (κ3) is 7.97. The summed E-state index contributed by atoms with van der Waals surface area (Å²) in [6.07, 6.45) is 1.45. The summed E-state index contributed by atoms with van der Waals surface area (Å²) in [5, 5.41) is 25.5. The van der Waals surface area contributed by atoms with Crippen LogP contribution in [0.15, 0.2) is 12.1 Å². The van der Waals surface area contributed by atoms with E-state index in [4.69, 9.17) is 14.2 Å². The lowest BCUT2D eigenvalue weighted by atomic mass is 10.0. The van der Waals surface area contributed by atoms with Crippen LogP contribution in [-0.4, -0.2) is 72.6 Å². The third-order valence-electron chi connectivity index (χ3n) is 6.52. The highest BCUT2D eigenvalue weighted by atomic mass is 35.5. The van der Waals surface area contributed by atoms with E-state index < -0.39 is 28.8 Å². The minimum Gasteiger partial charge on any atom is -0.504 e. The van der Waals surface area contributed by atoms with Gasteiger partial charge in [-0.3, -0.25) is 9.59 Å². The molecule has 1 unspecified atom stereocenters. The van der Waals surface area contributed by atoms with Gasteiger partial charge in [-0.25, -0.2) is 4.79 Å². The second-order valence-corrected chi connectivity index (χ2v) is 10.4. The molecule has 4 N–H and O–H groups in total. The molecule has 1 amide bonds. The zero-order chi connectivity index (χ0) is 25.8. The van der Waals surface area contributed by atoms with E-state index >= 15 is 0 Å². The molecular weight excluding hydrogens is 492 g/mol. The lowest BCUT2D eigenvalue weighted by molar-refractivity contribution is -0.157. The second kappa shape index (κ2) is 12.1. The van der Waals surface area contributed by atoms with Crippen molar-refractivity contribution in [2.24, 2.45) is 11.3 Å². The molecule has 202 valence electrons. The predicted octanol–water partition coefficient (Wildman–Crippen LogP) is 2.22. The van der Waals surface area contributed by atoms with Crippen molar-refractivity contribution in [2.45, 2.75) is 58.6 Å². The molecule has 1 aliphatic carbocycles. The number of phenols is 2. The number of benzene rings is 1. The lowest BCUT2D eigenvalue weighted by Crippen LogP contribution is -2.53. The number of hydrogen-bond donors (Lipinski definition) is 4. The number of nitrogens with one attached hydrogen (secondary N) is 2. The van der Waals surface area contributed by atoms with E-state index in [0.29, 0.717) is 31.7 Å². The van der Waals surface area contributed by atoms with Crippen molar-refractivity contribution >= 4 is 30.3 Å². The van der Waals surface area contributed by atoms with Crippen molar-refractivity contribution in [2.75, 3.05) is 32.9 Å². The first-order valence-electron chi connectivity index (χ1n) is 11.9. The van der Waals surface area contributed by atoms with Crippen LogP contribution < -0.4 is 10.6 Å². The SMILES string of the molecule is Cc1cc(O)c(O)cc1C(=O)OC[C@H](CNC(C)(C)CNC(=O)C1CCOC1)OC(=O)C1(C)CC1.Cl. The van der Waals surface area contributed by atoms with E-state index in [1.807, 2.05) is 20.8 Å². The molecule has 1 aromatic rings. The number of ether oxygens (including phenoxy) is 3. The van der Waals surface area contributed by atoms with Crippen molar-refractivity contribution in [3.05, 3.63) is 23.3 Å². The van der Waals surface area contributed by atoms with Crippen LogP contribution in [0.1, 0.15) is 56.0 Å². The summed E-state index contributed by atoms with van der Waals surface area (Å²) in [6, 6.07) is 2.41. The molecule has 0 bridgehead atoms. The maximum Gasteiger partial charge on any atom is 0.338 e. The largest absolute Gasteiger partial charge is 0.504 e. The number of rotatable bonds is 11. The van der Waals surface area contributed by atoms with Gasteiger partial charge in [0.15, 0.2) is 11.5 Å². The molecule has 1 aliphatic heterocycles. The summed E-state index contributed by atoms with van der Waals surface area (Å²) in [6.45, 7) is 8.64. The molecule has 36 heavy (non-hydrogen) atoms. The zero-order valence-corrected chi connectivity index (χ0v) is 22.0. The van der Waals surface area contributed by atoms with Gasteiger partial charge in [0.1, 0.15) is 12.7 Å². The molecule has 0 spiro atoms. The Morgan fingerprint density at radius 2 is 1.89 bits per heavy atom. The monoisotopic (exact) mass is 528 g/mol. The van der Waals surface area contributed by atoms with Crippen LogP contribution in [0.2, 0.25) is 0 Å². The van der Waals surface area contributed by atoms with Crippen LogP contribution in [0.25, 0.3) is 0 Å². The van der Waals surface area contributed by atoms with Crippen molar-refractivity contribution in [1.82, 2.24) is 10.6 Å². The van der Waals surface area contributed by atoms with Gasteiger partial charge < -0.3 is 35.1 Å². The fraction of sp³-hybridized carbons (Fsp3) is 0.640. The molecule has 1 saturated carbocycles. The first-order valence-corrected chi connectivity index (χ1v) is 11.9. The maximum absolute atomic E-state index is 12.6. The molecular formula is C25H37ClN2O8. The molecule has 3 rings (SSSR count). The molecule has 0 aromatic heterocycles. The van der Waals surface area contributed by atoms with Crippen molar-refractivity contribution in [3.8, 4) is 11.5 Å². The number of phenolic OH excluding ortho intramolecular Hbond substituents is 2. The minimum atomic E-state index is -0.756. The molecule has 2 aliphatic rings. The van der Waals surface area contributed by atoms with Crippen LogP contribution >= 0.6 is 12.4 Å². The fourth-order valence-corrected chi connectivity index (χ4v) is 3.61. The molecule has 2 atom stereocenters. The van der Waals surface area contributed by atoms with Gasteiger partial charge in [-0.1, -0.05) is 0 Å². The zero-order valence-electron chi connectivity index (χ0n) is 21.2. The van der Waals surface area contributed by atoms with Crippen LogP contribution in [-0.2, 0) is 23.8 Å². The Morgan fingerprint density at radius 1 is 1.22 bits per heavy atom. The highest BCUT2D eigenvalue weighted by Crippen LogP contribution is 2.46. The van der Waals surface area contributed by atoms with Crippen molar-refractivity contribution in [3.63, 3.8) is 0 Å². The lowest BCUT2D eigenvalue weighted by Gasteiger charge is -2.30. The Bertz CT molecular complexity index is 958. The molecule has 0 radical (unpaired) electrons. The molecule has 11 heteroatoms. The minimum absolute atomic E-state index is 0. The second-order valence-electron chi connectivity index (χ2n) is 10.4. The van der Waals surface area contributed by atoms with E-state index in [0.717, 1.165) is 18.9 Å². The molecule has 1 heterocycles. The van der Waals surface area contributed by atoms with Gasteiger partial charge in [0.05, 0.1) is 23.5 Å². The van der Waals surface area contributed by atoms with E-state index in [1.165, 1.54) is 6.07 Å². The highest BCUT2D eigenvalue weighted by molar-refractivity contribution is 5.92. The van der Waals surface area contributed by atoms with Crippen LogP contribution in [0, 0.1) is 18.3 Å². The normalized spacial score (nSPS) is 19.1. The van der Waals surface area contributed by atoms with Crippen LogP contribution in [0.4, 0.5) is 0 Å². The Balaban J connectivity index is 0.00000456. The molecule has 1 saturated heterocycles. The van der Waals surface area contributed by atoms with Gasteiger partial charge in [-0.15, -0.1) is 12.4 Å². The quantitative estimate of drug-likeness (QED) is 0.251. The van der Waals surface area contributed by atoms with Gasteiger partial charge in [-0.05, 0) is 64.7 Å². The predicted molar refractivity (Wildman–Crippen MR) is 133 cm³/mol. The van der Waals surface area contributed by atoms with Gasteiger partial charge in [0.2, 0.25) is 5.91 Å². The average Bonchev–Trinajstić information content (AvgIpc) is 3.32. The summed E-state index contributed by atoms with van der Waals surface area (Å²) in [7, 11) is 0. The molecule has 10 nitrogen and oxygen atoms in total. The fourth-order valence-electron chi connectivity index (χ4n) is 3.61. The molecule has 2 fully saturated rings. The van der Waals surface area contributed by atoms with Gasteiger partial charge in [-0.2, -0.15) is 0 Å². The summed E-state index contributed by atoms with van der Waals surface area (Å²) in [5.41, 5.74) is -0.487. The number of aryl methyl sites for hydroxylation is 1. The first-order chi connectivity index (χ1) is 16.4. The van der Waals surface area contributed by atoms with E-state index in [-0.39, 0.29) is 54.7 Å². The summed E-state index contributed by atoms with van der Waals surface area (Å²) >= 11 is 0. The number of carbonyl (C=O) groups excluding carboxylic acids is 3. The Hall–Kier alpha value is -2.56. The first kappa shape index (κ1) is 29.7. The summed E-state index contributed by atoms with van der Waals surface area (Å²) < 4.78 is 16.3. The van der Waals surface area contributed by atoms with E-state index in [9.17, 15) is 24.6 Å². The number of hydrogen-bond acceptors (Lipinski definition) is 9. The van der Waals surface area contributed by atoms with Crippen molar-refractivity contribution in [1.29, 1.82) is 0 Å². The Kier molecular flexibility index (Phi) is 9.99. The highest BCUT2D eigenvalue weighted by Gasteiger charge is 2.47. The maximum atomic E-state index is 12.6. The summed E-state index contributed by atoms with van der Waals surface area (Å²) in [4.78, 5) is 37.5. The molecule has 1 aromatic carbocycles. The van der Waals surface area contributed by atoms with E-state index in [1.54, 1.807) is 6.92 Å². The average molecular weight is 529 g/mol. The Morgan fingerprint density at radius 3 is 2.50 bits per heavy atom. The smallest absolute Gasteiger partial charge is 0.338 e. The van der Waals surface area contributed by atoms with Gasteiger partial charge in [0.25, 0.3) is 0 Å². The summed E-state index contributed by atoms with van der Waals surface area (Å²) in [5.74, 6) is -2.00. The van der Waals surface area contributed by atoms with Gasteiger partial charge in [0, 0.05) is 25.2 Å². The standard InChI is InChI=1S/C25H36N2O8.ClH/c1-15-9-19(28)20(29)10-18(15)22(31)34-13-17(35-23(32)25(4)6-7-25)11-27-24(2,3)14-26-21(30)16-5-8-33-12-16;/h9-10,16-17,27-29H,5-8,11-14H2,1-4H3,(H,26,30);1H/t16?,17-;/m0./s1. The van der Waals surface area contributed by atoms with Crippen LogP contribution in [0.3, 0.4) is 0 Å². The third-order valence-corrected chi connectivity index (χ3v) is 6.52. The number of halogens is 1. The number of carbonyl (C=O) groups is 3. The topological polar surface area (TPSA) is 143 Å². The van der Waals surface area contributed by atoms with Gasteiger partial charge >= 0.3 is 11.9 Å². The van der Waals surface area contributed by atoms with Crippen molar-refractivity contribution < 1.29 is 38.8 Å².